The molecule has 226 valence electrons. The quantitative estimate of drug-likeness (QED) is 0.175. The summed E-state index contributed by atoms with van der Waals surface area (Å²) in [6.45, 7) is 4.39. The summed E-state index contributed by atoms with van der Waals surface area (Å²) in [6, 6.07) is 54.6. The van der Waals surface area contributed by atoms with Gasteiger partial charge in [0.15, 0.2) is 0 Å². The van der Waals surface area contributed by atoms with Gasteiger partial charge in [-0.3, -0.25) is 0 Å². The van der Waals surface area contributed by atoms with Crippen LogP contribution in [-0.4, -0.2) is 0 Å². The number of nitrogens with zero attached hydrogens (tertiary/aromatic N) is 4. The van der Waals surface area contributed by atoms with Crippen molar-refractivity contribution in [1.82, 2.24) is 0 Å². The third-order valence-electron chi connectivity index (χ3n) is 9.29. The molecule has 8 aromatic rings. The Morgan fingerprint density at radius 2 is 0.729 bits per heavy atom. The van der Waals surface area contributed by atoms with Crippen molar-refractivity contribution in [3.05, 3.63) is 168 Å². The summed E-state index contributed by atoms with van der Waals surface area (Å²) in [5, 5.41) is 26.2. The SMILES string of the molecule is Cc1cc(N(c2ccccc2)c2ccc(C#N)cc2)c2ccc3c(C)cc(N(c4ccccc4)c4ccc(C#N)cc4)c4ccc1c2c34. The molecule has 0 saturated carbocycles. The third-order valence-corrected chi connectivity index (χ3v) is 9.29. The second kappa shape index (κ2) is 11.6. The summed E-state index contributed by atoms with van der Waals surface area (Å²) in [6.07, 6.45) is 0. The number of benzene rings is 8. The van der Waals surface area contributed by atoms with Crippen molar-refractivity contribution in [2.75, 3.05) is 9.80 Å². The van der Waals surface area contributed by atoms with Crippen molar-refractivity contribution in [2.24, 2.45) is 0 Å². The van der Waals surface area contributed by atoms with Crippen LogP contribution in [-0.2, 0) is 0 Å². The van der Waals surface area contributed by atoms with E-state index in [-0.39, 0.29) is 0 Å². The number of para-hydroxylation sites is 2. The largest absolute Gasteiger partial charge is 0.310 e. The Morgan fingerprint density at radius 1 is 0.396 bits per heavy atom. The lowest BCUT2D eigenvalue weighted by Gasteiger charge is -2.30. The second-order valence-electron chi connectivity index (χ2n) is 12.2. The lowest BCUT2D eigenvalue weighted by atomic mass is 9.88. The van der Waals surface area contributed by atoms with Crippen molar-refractivity contribution in [2.45, 2.75) is 13.8 Å². The van der Waals surface area contributed by atoms with Crippen molar-refractivity contribution in [3.8, 4) is 12.1 Å². The molecular weight excluding hydrogens is 585 g/mol. The van der Waals surface area contributed by atoms with Crippen molar-refractivity contribution >= 4 is 66.4 Å². The van der Waals surface area contributed by atoms with E-state index in [1.54, 1.807) is 0 Å². The number of hydrogen-bond donors (Lipinski definition) is 0. The molecule has 0 aliphatic carbocycles. The molecule has 0 amide bonds. The van der Waals surface area contributed by atoms with Crippen LogP contribution < -0.4 is 9.80 Å². The topological polar surface area (TPSA) is 54.1 Å². The molecule has 0 spiro atoms. The first-order valence-electron chi connectivity index (χ1n) is 16.0. The van der Waals surface area contributed by atoms with E-state index in [4.69, 9.17) is 0 Å². The zero-order valence-electron chi connectivity index (χ0n) is 26.6. The van der Waals surface area contributed by atoms with Crippen LogP contribution in [0.5, 0.6) is 0 Å². The summed E-state index contributed by atoms with van der Waals surface area (Å²) < 4.78 is 0. The zero-order valence-corrected chi connectivity index (χ0v) is 26.6. The Kier molecular flexibility index (Phi) is 6.98. The summed E-state index contributed by atoms with van der Waals surface area (Å²) in [5.74, 6) is 0. The standard InChI is InChI=1S/C44H30N4/c1-29-25-41(47(33-9-5-3-6-10-33)35-17-13-31(27-45)14-18-35)39-24-22-38-30(2)26-42(40-23-21-37(29)43(39)44(38)40)48(34-11-7-4-8-12-34)36-19-15-32(28-46)16-20-36/h3-26H,1-2H3. The fourth-order valence-corrected chi connectivity index (χ4v) is 7.05. The average molecular weight is 615 g/mol. The molecular formula is C44H30N4. The Balaban J connectivity index is 1.44. The van der Waals surface area contributed by atoms with E-state index in [0.717, 1.165) is 44.9 Å². The van der Waals surface area contributed by atoms with Gasteiger partial charge in [0.25, 0.3) is 0 Å². The molecule has 4 nitrogen and oxygen atoms in total. The molecule has 0 aromatic heterocycles. The van der Waals surface area contributed by atoms with E-state index >= 15 is 0 Å². The summed E-state index contributed by atoms with van der Waals surface area (Å²) in [5.41, 5.74) is 9.88. The maximum absolute atomic E-state index is 9.51. The van der Waals surface area contributed by atoms with E-state index in [9.17, 15) is 10.5 Å². The molecule has 0 atom stereocenters. The molecule has 0 N–H and O–H groups in total. The number of anilines is 6. The van der Waals surface area contributed by atoms with Gasteiger partial charge >= 0.3 is 0 Å². The average Bonchev–Trinajstić information content (AvgIpc) is 3.14. The number of hydrogen-bond acceptors (Lipinski definition) is 4. The van der Waals surface area contributed by atoms with Crippen molar-refractivity contribution in [1.29, 1.82) is 10.5 Å². The summed E-state index contributed by atoms with van der Waals surface area (Å²) in [4.78, 5) is 4.58. The van der Waals surface area contributed by atoms with Gasteiger partial charge in [0.2, 0.25) is 0 Å². The first kappa shape index (κ1) is 28.8. The van der Waals surface area contributed by atoms with Gasteiger partial charge in [-0.25, -0.2) is 0 Å². The number of rotatable bonds is 6. The predicted molar refractivity (Wildman–Crippen MR) is 198 cm³/mol. The van der Waals surface area contributed by atoms with Crippen LogP contribution in [0.1, 0.15) is 22.3 Å². The van der Waals surface area contributed by atoms with Crippen LogP contribution in [0, 0.1) is 36.5 Å². The summed E-state index contributed by atoms with van der Waals surface area (Å²) in [7, 11) is 0. The van der Waals surface area contributed by atoms with E-state index in [1.807, 2.05) is 60.7 Å². The molecule has 8 rings (SSSR count). The molecule has 48 heavy (non-hydrogen) atoms. The molecule has 0 unspecified atom stereocenters. The Bertz CT molecular complexity index is 2340. The van der Waals surface area contributed by atoms with Crippen molar-refractivity contribution < 1.29 is 0 Å². The smallest absolute Gasteiger partial charge is 0.0991 e. The van der Waals surface area contributed by atoms with Gasteiger partial charge in [0.05, 0.1) is 34.6 Å². The van der Waals surface area contributed by atoms with Crippen LogP contribution in [0.4, 0.5) is 34.1 Å². The van der Waals surface area contributed by atoms with E-state index in [0.29, 0.717) is 11.1 Å². The molecule has 0 aliphatic heterocycles. The maximum Gasteiger partial charge on any atom is 0.0991 e. The highest BCUT2D eigenvalue weighted by Gasteiger charge is 2.23. The van der Waals surface area contributed by atoms with Gasteiger partial charge in [-0.15, -0.1) is 0 Å². The lowest BCUT2D eigenvalue weighted by molar-refractivity contribution is 1.28. The lowest BCUT2D eigenvalue weighted by Crippen LogP contribution is -2.12. The van der Waals surface area contributed by atoms with Crippen LogP contribution in [0.25, 0.3) is 32.3 Å². The normalized spacial score (nSPS) is 11.1. The first-order chi connectivity index (χ1) is 23.6. The minimum absolute atomic E-state index is 0.631. The fraction of sp³-hybridized carbons (Fsp3) is 0.0455. The van der Waals surface area contributed by atoms with Crippen molar-refractivity contribution in [3.63, 3.8) is 0 Å². The highest BCUT2D eigenvalue weighted by atomic mass is 15.1. The predicted octanol–water partition coefficient (Wildman–Crippen LogP) is 11.9. The molecule has 0 fully saturated rings. The van der Waals surface area contributed by atoms with Crippen LogP contribution in [0.3, 0.4) is 0 Å². The molecule has 0 radical (unpaired) electrons. The highest BCUT2D eigenvalue weighted by molar-refractivity contribution is 6.29. The fourth-order valence-electron chi connectivity index (χ4n) is 7.05. The number of aryl methyl sites for hydroxylation is 2. The van der Waals surface area contributed by atoms with Gasteiger partial charge < -0.3 is 9.80 Å². The molecule has 0 aliphatic rings. The zero-order chi connectivity index (χ0) is 32.8. The van der Waals surface area contributed by atoms with Gasteiger partial charge in [0.1, 0.15) is 0 Å². The maximum atomic E-state index is 9.51. The second-order valence-corrected chi connectivity index (χ2v) is 12.2. The molecule has 0 saturated heterocycles. The molecule has 8 aromatic carbocycles. The monoisotopic (exact) mass is 614 g/mol. The van der Waals surface area contributed by atoms with Crippen LogP contribution in [0.15, 0.2) is 146 Å². The van der Waals surface area contributed by atoms with Gasteiger partial charge in [-0.2, -0.15) is 10.5 Å². The first-order valence-corrected chi connectivity index (χ1v) is 16.0. The van der Waals surface area contributed by atoms with Crippen LogP contribution in [0.2, 0.25) is 0 Å². The van der Waals surface area contributed by atoms with E-state index in [1.165, 1.54) is 32.7 Å². The third kappa shape index (κ3) is 4.68. The Hall–Kier alpha value is -6.62. The summed E-state index contributed by atoms with van der Waals surface area (Å²) >= 11 is 0. The van der Waals surface area contributed by atoms with Gasteiger partial charge in [0, 0.05) is 33.5 Å². The molecule has 0 bridgehead atoms. The minimum atomic E-state index is 0.631. The van der Waals surface area contributed by atoms with Gasteiger partial charge in [-0.1, -0.05) is 60.7 Å². The Morgan fingerprint density at radius 3 is 1.08 bits per heavy atom. The number of nitriles is 2. The van der Waals surface area contributed by atoms with E-state index in [2.05, 4.69) is 121 Å². The van der Waals surface area contributed by atoms with Crippen LogP contribution >= 0.6 is 0 Å². The molecule has 4 heteroatoms. The highest BCUT2D eigenvalue weighted by Crippen LogP contribution is 2.49. The minimum Gasteiger partial charge on any atom is -0.310 e. The van der Waals surface area contributed by atoms with E-state index < -0.39 is 0 Å². The molecule has 0 heterocycles. The van der Waals surface area contributed by atoms with Gasteiger partial charge in [-0.05, 0) is 131 Å². The Labute approximate surface area is 279 Å².